The van der Waals surface area contributed by atoms with Crippen LogP contribution in [0.3, 0.4) is 0 Å². The van der Waals surface area contributed by atoms with Gasteiger partial charge in [-0.25, -0.2) is 0 Å². The molecule has 1 atom stereocenters. The van der Waals surface area contributed by atoms with E-state index < -0.39 is 0 Å². The highest BCUT2D eigenvalue weighted by Crippen LogP contribution is 2.20. The van der Waals surface area contributed by atoms with Crippen molar-refractivity contribution in [2.45, 2.75) is 25.1 Å². The molecule has 3 nitrogen and oxygen atoms in total. The zero-order valence-corrected chi connectivity index (χ0v) is 12.0. The van der Waals surface area contributed by atoms with Crippen molar-refractivity contribution in [1.82, 2.24) is 4.90 Å². The predicted octanol–water partition coefficient (Wildman–Crippen LogP) is 2.95. The van der Waals surface area contributed by atoms with E-state index in [1.165, 1.54) is 0 Å². The Balaban J connectivity index is 2.78. The highest BCUT2D eigenvalue weighted by molar-refractivity contribution is 9.09. The molecule has 0 fully saturated rings. The molecule has 0 saturated heterocycles. The van der Waals surface area contributed by atoms with E-state index >= 15 is 0 Å². The Labute approximate surface area is 111 Å². The molecule has 0 aliphatic carbocycles. The number of halogens is 1. The largest absolute Gasteiger partial charge is 0.507 e. The molecular formula is C13H18BrNO2. The quantitative estimate of drug-likeness (QED) is 0.869. The molecular weight excluding hydrogens is 282 g/mol. The number of rotatable bonds is 4. The van der Waals surface area contributed by atoms with Crippen molar-refractivity contribution >= 4 is 21.8 Å². The molecule has 4 heteroatoms. The topological polar surface area (TPSA) is 40.5 Å². The zero-order valence-electron chi connectivity index (χ0n) is 10.4. The smallest absolute Gasteiger partial charge is 0.257 e. The average Bonchev–Trinajstić information content (AvgIpc) is 2.28. The number of hydrogen-bond acceptors (Lipinski definition) is 2. The number of carbonyl (C=O) groups is 1. The minimum absolute atomic E-state index is 0.0411. The first kappa shape index (κ1) is 14.0. The fourth-order valence-corrected chi connectivity index (χ4v) is 1.70. The van der Waals surface area contributed by atoms with Gasteiger partial charge >= 0.3 is 0 Å². The van der Waals surface area contributed by atoms with Gasteiger partial charge in [-0.3, -0.25) is 4.79 Å². The summed E-state index contributed by atoms with van der Waals surface area (Å²) in [5.41, 5.74) is 1.34. The van der Waals surface area contributed by atoms with Crippen molar-refractivity contribution in [3.05, 3.63) is 29.3 Å². The van der Waals surface area contributed by atoms with Crippen molar-refractivity contribution in [3.8, 4) is 5.75 Å². The summed E-state index contributed by atoms with van der Waals surface area (Å²) >= 11 is 3.45. The normalized spacial score (nSPS) is 12.2. The molecule has 1 aromatic carbocycles. The van der Waals surface area contributed by atoms with Crippen LogP contribution >= 0.6 is 15.9 Å². The third-order valence-electron chi connectivity index (χ3n) is 2.59. The third kappa shape index (κ3) is 4.04. The second-order valence-electron chi connectivity index (χ2n) is 4.32. The molecule has 0 aliphatic rings. The van der Waals surface area contributed by atoms with Gasteiger partial charge in [0.1, 0.15) is 5.75 Å². The van der Waals surface area contributed by atoms with Gasteiger partial charge in [0.2, 0.25) is 0 Å². The summed E-state index contributed by atoms with van der Waals surface area (Å²) in [5, 5.41) is 9.67. The van der Waals surface area contributed by atoms with Crippen LogP contribution in [0.1, 0.15) is 29.3 Å². The van der Waals surface area contributed by atoms with E-state index in [4.69, 9.17) is 0 Å². The van der Waals surface area contributed by atoms with Gasteiger partial charge in [0.25, 0.3) is 5.91 Å². The van der Waals surface area contributed by atoms with Crippen LogP contribution in [0, 0.1) is 6.92 Å². The molecule has 0 aromatic heterocycles. The Morgan fingerprint density at radius 2 is 2.18 bits per heavy atom. The maximum atomic E-state index is 12.1. The standard InChI is InChI=1S/C13H18BrNO2/c1-9-4-5-12(16)11(8-9)13(17)15(3)7-6-10(2)14/h4-5,8,10,16H,6-7H2,1-3H3. The lowest BCUT2D eigenvalue weighted by Gasteiger charge is -2.18. The average molecular weight is 300 g/mol. The summed E-state index contributed by atoms with van der Waals surface area (Å²) in [6, 6.07) is 5.06. The lowest BCUT2D eigenvalue weighted by molar-refractivity contribution is 0.0791. The summed E-state index contributed by atoms with van der Waals surface area (Å²) in [4.78, 5) is 14.1. The van der Waals surface area contributed by atoms with Crippen LogP contribution < -0.4 is 0 Å². The monoisotopic (exact) mass is 299 g/mol. The number of amides is 1. The van der Waals surface area contributed by atoms with E-state index in [2.05, 4.69) is 15.9 Å². The first-order chi connectivity index (χ1) is 7.91. The van der Waals surface area contributed by atoms with Gasteiger partial charge in [0, 0.05) is 18.4 Å². The van der Waals surface area contributed by atoms with Crippen LogP contribution in [0.25, 0.3) is 0 Å². The van der Waals surface area contributed by atoms with Crippen LogP contribution in [0.15, 0.2) is 18.2 Å². The molecule has 0 aliphatic heterocycles. The Morgan fingerprint density at radius 1 is 1.53 bits per heavy atom. The lowest BCUT2D eigenvalue weighted by atomic mass is 10.1. The van der Waals surface area contributed by atoms with Crippen LogP contribution in [0.4, 0.5) is 0 Å². The van der Waals surface area contributed by atoms with E-state index in [0.717, 1.165) is 12.0 Å². The Morgan fingerprint density at radius 3 is 2.76 bits per heavy atom. The number of aryl methyl sites for hydroxylation is 1. The van der Waals surface area contributed by atoms with Crippen molar-refractivity contribution in [3.63, 3.8) is 0 Å². The predicted molar refractivity (Wildman–Crippen MR) is 72.8 cm³/mol. The summed E-state index contributed by atoms with van der Waals surface area (Å²) in [6.07, 6.45) is 0.884. The number of hydrogen-bond donors (Lipinski definition) is 1. The van der Waals surface area contributed by atoms with Gasteiger partial charge < -0.3 is 10.0 Å². The minimum Gasteiger partial charge on any atom is -0.507 e. The number of phenolic OH excluding ortho intramolecular Hbond substituents is 1. The van der Waals surface area contributed by atoms with Gasteiger partial charge in [-0.1, -0.05) is 34.5 Å². The van der Waals surface area contributed by atoms with Gasteiger partial charge in [-0.05, 0) is 25.5 Å². The minimum atomic E-state index is -0.139. The molecule has 0 bridgehead atoms. The molecule has 0 heterocycles. The van der Waals surface area contributed by atoms with Crippen molar-refractivity contribution < 1.29 is 9.90 Å². The molecule has 1 unspecified atom stereocenters. The zero-order chi connectivity index (χ0) is 13.0. The van der Waals surface area contributed by atoms with Crippen LogP contribution in [0.5, 0.6) is 5.75 Å². The van der Waals surface area contributed by atoms with Gasteiger partial charge in [-0.15, -0.1) is 0 Å². The number of nitrogens with zero attached hydrogens (tertiary/aromatic N) is 1. The molecule has 94 valence electrons. The molecule has 1 amide bonds. The fraction of sp³-hybridized carbons (Fsp3) is 0.462. The molecule has 1 rings (SSSR count). The second-order valence-corrected chi connectivity index (χ2v) is 5.88. The SMILES string of the molecule is Cc1ccc(O)c(C(=O)N(C)CCC(C)Br)c1. The fourth-order valence-electron chi connectivity index (χ4n) is 1.50. The molecule has 0 saturated carbocycles. The Kier molecular flexibility index (Phi) is 5.00. The molecule has 0 radical (unpaired) electrons. The number of carbonyl (C=O) groups excluding carboxylic acids is 1. The second kappa shape index (κ2) is 6.05. The highest BCUT2D eigenvalue weighted by atomic mass is 79.9. The lowest BCUT2D eigenvalue weighted by Crippen LogP contribution is -2.28. The van der Waals surface area contributed by atoms with E-state index in [1.54, 1.807) is 30.1 Å². The first-order valence-electron chi connectivity index (χ1n) is 5.61. The van der Waals surface area contributed by atoms with E-state index in [1.807, 2.05) is 13.8 Å². The maximum absolute atomic E-state index is 12.1. The van der Waals surface area contributed by atoms with Crippen molar-refractivity contribution in [2.75, 3.05) is 13.6 Å². The van der Waals surface area contributed by atoms with Crippen LogP contribution in [-0.4, -0.2) is 34.3 Å². The molecule has 17 heavy (non-hydrogen) atoms. The first-order valence-corrected chi connectivity index (χ1v) is 6.52. The summed E-state index contributed by atoms with van der Waals surface area (Å²) in [7, 11) is 1.75. The van der Waals surface area contributed by atoms with E-state index in [9.17, 15) is 9.90 Å². The number of phenols is 1. The van der Waals surface area contributed by atoms with Gasteiger partial charge in [0.05, 0.1) is 5.56 Å². The van der Waals surface area contributed by atoms with Crippen LogP contribution in [0.2, 0.25) is 0 Å². The molecule has 0 spiro atoms. The molecule has 1 N–H and O–H groups in total. The highest BCUT2D eigenvalue weighted by Gasteiger charge is 2.15. The summed E-state index contributed by atoms with van der Waals surface area (Å²) < 4.78 is 0. The summed E-state index contributed by atoms with van der Waals surface area (Å²) in [5.74, 6) is -0.0984. The van der Waals surface area contributed by atoms with Crippen LogP contribution in [-0.2, 0) is 0 Å². The number of aromatic hydroxyl groups is 1. The number of alkyl halides is 1. The summed E-state index contributed by atoms with van der Waals surface area (Å²) in [6.45, 7) is 4.61. The maximum Gasteiger partial charge on any atom is 0.257 e. The van der Waals surface area contributed by atoms with E-state index in [-0.39, 0.29) is 11.7 Å². The van der Waals surface area contributed by atoms with Gasteiger partial charge in [-0.2, -0.15) is 0 Å². The van der Waals surface area contributed by atoms with Crippen molar-refractivity contribution in [1.29, 1.82) is 0 Å². The third-order valence-corrected chi connectivity index (χ3v) is 3.05. The molecule has 1 aromatic rings. The van der Waals surface area contributed by atoms with E-state index in [0.29, 0.717) is 16.9 Å². The van der Waals surface area contributed by atoms with Gasteiger partial charge in [0.15, 0.2) is 0 Å². The number of benzene rings is 1. The van der Waals surface area contributed by atoms with Crippen molar-refractivity contribution in [2.24, 2.45) is 0 Å². The Hall–Kier alpha value is -1.03. The Bertz CT molecular complexity index is 404.